The van der Waals surface area contributed by atoms with Gasteiger partial charge in [0.25, 0.3) is 0 Å². The van der Waals surface area contributed by atoms with Crippen LogP contribution in [0.2, 0.25) is 0 Å². The van der Waals surface area contributed by atoms with Gasteiger partial charge in [0, 0.05) is 11.6 Å². The summed E-state index contributed by atoms with van der Waals surface area (Å²) in [4.78, 5) is 22.5. The maximum Gasteiger partial charge on any atom is 0.326 e. The second-order valence-electron chi connectivity index (χ2n) is 3.84. The van der Waals surface area contributed by atoms with Crippen molar-refractivity contribution in [1.29, 1.82) is 0 Å². The molecule has 5 nitrogen and oxygen atoms in total. The maximum atomic E-state index is 11.6. The van der Waals surface area contributed by atoms with Crippen molar-refractivity contribution in [1.82, 2.24) is 10.6 Å². The molecule has 1 aliphatic heterocycles. The van der Waals surface area contributed by atoms with Crippen molar-refractivity contribution >= 4 is 23.6 Å². The third kappa shape index (κ3) is 3.39. The smallest absolute Gasteiger partial charge is 0.326 e. The zero-order chi connectivity index (χ0) is 11.4. The minimum Gasteiger partial charge on any atom is -0.480 e. The van der Waals surface area contributed by atoms with Gasteiger partial charge in [-0.05, 0) is 5.92 Å². The summed E-state index contributed by atoms with van der Waals surface area (Å²) in [6.07, 6.45) is 0. The van der Waals surface area contributed by atoms with E-state index in [0.29, 0.717) is 5.75 Å². The molecule has 0 aromatic rings. The van der Waals surface area contributed by atoms with E-state index in [4.69, 9.17) is 5.11 Å². The Balaban J connectivity index is 2.50. The summed E-state index contributed by atoms with van der Waals surface area (Å²) in [6.45, 7) is 3.55. The largest absolute Gasteiger partial charge is 0.480 e. The Morgan fingerprint density at radius 1 is 1.53 bits per heavy atom. The van der Waals surface area contributed by atoms with Crippen LogP contribution in [0.4, 0.5) is 0 Å². The van der Waals surface area contributed by atoms with E-state index in [2.05, 4.69) is 10.6 Å². The molecule has 0 bridgehead atoms. The van der Waals surface area contributed by atoms with Crippen LogP contribution in [0.25, 0.3) is 0 Å². The molecule has 0 aromatic carbocycles. The summed E-state index contributed by atoms with van der Waals surface area (Å²) in [5, 5.41) is 14.4. The first-order valence-electron chi connectivity index (χ1n) is 4.86. The van der Waals surface area contributed by atoms with E-state index >= 15 is 0 Å². The van der Waals surface area contributed by atoms with Gasteiger partial charge in [-0.3, -0.25) is 10.1 Å². The molecule has 86 valence electrons. The molecular formula is C9H16N2O3S. The van der Waals surface area contributed by atoms with Gasteiger partial charge in [0.15, 0.2) is 0 Å². The van der Waals surface area contributed by atoms with Crippen molar-refractivity contribution in [2.45, 2.75) is 25.9 Å². The summed E-state index contributed by atoms with van der Waals surface area (Å²) in [5.74, 6) is 0.138. The predicted molar refractivity (Wildman–Crippen MR) is 58.7 cm³/mol. The number of carbonyl (C=O) groups is 2. The highest BCUT2D eigenvalue weighted by Crippen LogP contribution is 2.10. The van der Waals surface area contributed by atoms with Crippen molar-refractivity contribution in [3.05, 3.63) is 0 Å². The first-order valence-corrected chi connectivity index (χ1v) is 6.02. The molecule has 15 heavy (non-hydrogen) atoms. The Labute approximate surface area is 93.0 Å². The van der Waals surface area contributed by atoms with Crippen molar-refractivity contribution in [2.75, 3.05) is 11.6 Å². The zero-order valence-corrected chi connectivity index (χ0v) is 9.63. The lowest BCUT2D eigenvalue weighted by Crippen LogP contribution is -2.51. The SMILES string of the molecule is CC(C)[C@H](NC(=O)[C@@H]1CSCN1)C(=O)O. The molecule has 1 rings (SSSR count). The molecule has 1 amide bonds. The third-order valence-corrected chi connectivity index (χ3v) is 3.20. The highest BCUT2D eigenvalue weighted by molar-refractivity contribution is 7.99. The van der Waals surface area contributed by atoms with Crippen LogP contribution in [0.15, 0.2) is 0 Å². The molecule has 1 aliphatic rings. The quantitative estimate of drug-likeness (QED) is 0.629. The molecule has 3 N–H and O–H groups in total. The van der Waals surface area contributed by atoms with Gasteiger partial charge < -0.3 is 10.4 Å². The first kappa shape index (κ1) is 12.3. The lowest BCUT2D eigenvalue weighted by Gasteiger charge is -2.19. The van der Waals surface area contributed by atoms with Crippen LogP contribution in [-0.4, -0.2) is 40.7 Å². The van der Waals surface area contributed by atoms with Crippen molar-refractivity contribution in [3.8, 4) is 0 Å². The molecule has 1 fully saturated rings. The fourth-order valence-corrected chi connectivity index (χ4v) is 2.27. The average Bonchev–Trinajstić information content (AvgIpc) is 2.65. The zero-order valence-electron chi connectivity index (χ0n) is 8.82. The lowest BCUT2D eigenvalue weighted by atomic mass is 10.0. The van der Waals surface area contributed by atoms with Crippen LogP contribution in [0.5, 0.6) is 0 Å². The van der Waals surface area contributed by atoms with Crippen molar-refractivity contribution < 1.29 is 14.7 Å². The molecule has 1 heterocycles. The Hall–Kier alpha value is -0.750. The number of carboxylic acid groups (broad SMARTS) is 1. The van der Waals surface area contributed by atoms with Gasteiger partial charge in [0.2, 0.25) is 5.91 Å². The van der Waals surface area contributed by atoms with Crippen LogP contribution < -0.4 is 10.6 Å². The highest BCUT2D eigenvalue weighted by Gasteiger charge is 2.28. The summed E-state index contributed by atoms with van der Waals surface area (Å²) in [5.41, 5.74) is 0. The number of carbonyl (C=O) groups excluding carboxylic acids is 1. The van der Waals surface area contributed by atoms with E-state index in [1.807, 2.05) is 0 Å². The third-order valence-electron chi connectivity index (χ3n) is 2.26. The second kappa shape index (κ2) is 5.37. The number of hydrogen-bond donors (Lipinski definition) is 3. The minimum atomic E-state index is -0.982. The molecule has 0 aromatic heterocycles. The Morgan fingerprint density at radius 3 is 2.60 bits per heavy atom. The molecule has 0 aliphatic carbocycles. The second-order valence-corrected chi connectivity index (χ2v) is 4.87. The molecule has 2 atom stereocenters. The van der Waals surface area contributed by atoms with Crippen LogP contribution in [-0.2, 0) is 9.59 Å². The van der Waals surface area contributed by atoms with E-state index in [1.54, 1.807) is 25.6 Å². The number of hydrogen-bond acceptors (Lipinski definition) is 4. The highest BCUT2D eigenvalue weighted by atomic mass is 32.2. The van der Waals surface area contributed by atoms with Crippen LogP contribution >= 0.6 is 11.8 Å². The molecular weight excluding hydrogens is 216 g/mol. The van der Waals surface area contributed by atoms with E-state index < -0.39 is 12.0 Å². The van der Waals surface area contributed by atoms with Gasteiger partial charge in [-0.1, -0.05) is 13.8 Å². The summed E-state index contributed by atoms with van der Waals surface area (Å²) >= 11 is 1.64. The van der Waals surface area contributed by atoms with E-state index in [-0.39, 0.29) is 17.9 Å². The number of nitrogens with one attached hydrogen (secondary N) is 2. The average molecular weight is 232 g/mol. The maximum absolute atomic E-state index is 11.6. The Bertz CT molecular complexity index is 252. The summed E-state index contributed by atoms with van der Waals surface area (Å²) in [7, 11) is 0. The number of aliphatic carboxylic acids is 1. The van der Waals surface area contributed by atoms with Crippen LogP contribution in [0, 0.1) is 5.92 Å². The van der Waals surface area contributed by atoms with Gasteiger partial charge in [0.05, 0.1) is 6.04 Å². The van der Waals surface area contributed by atoms with E-state index in [0.717, 1.165) is 5.88 Å². The lowest BCUT2D eigenvalue weighted by molar-refractivity contribution is -0.143. The number of carboxylic acids is 1. The number of amides is 1. The first-order chi connectivity index (χ1) is 7.02. The van der Waals surface area contributed by atoms with Crippen LogP contribution in [0.3, 0.4) is 0 Å². The molecule has 6 heteroatoms. The standard InChI is InChI=1S/C9H16N2O3S/c1-5(2)7(9(13)14)11-8(12)6-3-15-4-10-6/h5-7,10H,3-4H2,1-2H3,(H,11,12)(H,13,14)/t6-,7-/m0/s1. The minimum absolute atomic E-state index is 0.111. The fourth-order valence-electron chi connectivity index (χ4n) is 1.33. The van der Waals surface area contributed by atoms with E-state index in [1.165, 1.54) is 0 Å². The predicted octanol–water partition coefficient (Wildman–Crippen LogP) is -0.126. The Morgan fingerprint density at radius 2 is 2.20 bits per heavy atom. The summed E-state index contributed by atoms with van der Waals surface area (Å²) < 4.78 is 0. The number of rotatable bonds is 4. The Kier molecular flexibility index (Phi) is 4.41. The van der Waals surface area contributed by atoms with Gasteiger partial charge >= 0.3 is 5.97 Å². The van der Waals surface area contributed by atoms with Crippen molar-refractivity contribution in [2.24, 2.45) is 5.92 Å². The molecule has 0 radical (unpaired) electrons. The van der Waals surface area contributed by atoms with Crippen LogP contribution in [0.1, 0.15) is 13.8 Å². The van der Waals surface area contributed by atoms with E-state index in [9.17, 15) is 9.59 Å². The topological polar surface area (TPSA) is 78.4 Å². The normalized spacial score (nSPS) is 22.7. The molecule has 0 saturated carbocycles. The molecule has 0 spiro atoms. The molecule has 1 saturated heterocycles. The van der Waals surface area contributed by atoms with Gasteiger partial charge in [-0.15, -0.1) is 11.8 Å². The summed E-state index contributed by atoms with van der Waals surface area (Å²) in [6, 6.07) is -1.06. The van der Waals surface area contributed by atoms with Crippen molar-refractivity contribution in [3.63, 3.8) is 0 Å². The molecule has 0 unspecified atom stereocenters. The van der Waals surface area contributed by atoms with Gasteiger partial charge in [0.1, 0.15) is 6.04 Å². The number of thioether (sulfide) groups is 1. The fraction of sp³-hybridized carbons (Fsp3) is 0.778. The monoisotopic (exact) mass is 232 g/mol. The van der Waals surface area contributed by atoms with Gasteiger partial charge in [-0.2, -0.15) is 0 Å². The van der Waals surface area contributed by atoms with Gasteiger partial charge in [-0.25, -0.2) is 4.79 Å².